The van der Waals surface area contributed by atoms with Crippen molar-refractivity contribution in [2.45, 2.75) is 37.8 Å². The Morgan fingerprint density at radius 2 is 2.15 bits per heavy atom. The van der Waals surface area contributed by atoms with Crippen LogP contribution in [0.1, 0.15) is 35.6 Å². The highest BCUT2D eigenvalue weighted by Crippen LogP contribution is 2.39. The third kappa shape index (κ3) is 3.93. The third-order valence-corrected chi connectivity index (χ3v) is 5.51. The number of methoxy groups -OCH3 is 1. The molecule has 4 rings (SSSR count). The minimum atomic E-state index is -0.259. The predicted octanol–water partition coefficient (Wildman–Crippen LogP) is 2.80. The molecule has 1 saturated carbocycles. The summed E-state index contributed by atoms with van der Waals surface area (Å²) in [6, 6.07) is 13.7. The second-order valence-corrected chi connectivity index (χ2v) is 7.42. The van der Waals surface area contributed by atoms with Crippen molar-refractivity contribution in [3.8, 4) is 11.5 Å². The van der Waals surface area contributed by atoms with E-state index in [0.29, 0.717) is 13.0 Å². The summed E-state index contributed by atoms with van der Waals surface area (Å²) in [6.07, 6.45) is 2.39. The van der Waals surface area contributed by atoms with E-state index >= 15 is 0 Å². The monoisotopic (exact) mass is 367 g/mol. The van der Waals surface area contributed by atoms with Crippen LogP contribution in [0.5, 0.6) is 11.5 Å². The maximum absolute atomic E-state index is 12.7. The van der Waals surface area contributed by atoms with Crippen LogP contribution in [0.25, 0.3) is 0 Å². The molecule has 0 radical (unpaired) electrons. The summed E-state index contributed by atoms with van der Waals surface area (Å²) >= 11 is 0. The van der Waals surface area contributed by atoms with E-state index in [0.717, 1.165) is 41.9 Å². The Hall–Kier alpha value is -2.53. The summed E-state index contributed by atoms with van der Waals surface area (Å²) in [7, 11) is 1.62. The molecule has 0 spiro atoms. The van der Waals surface area contributed by atoms with Crippen molar-refractivity contribution in [2.24, 2.45) is 5.92 Å². The van der Waals surface area contributed by atoms with Crippen molar-refractivity contribution < 1.29 is 19.4 Å². The Morgan fingerprint density at radius 1 is 1.30 bits per heavy atom. The van der Waals surface area contributed by atoms with E-state index in [4.69, 9.17) is 9.47 Å². The lowest BCUT2D eigenvalue weighted by Gasteiger charge is -2.38. The number of benzene rings is 2. The number of hydrogen-bond acceptors (Lipinski definition) is 4. The first-order valence-electron chi connectivity index (χ1n) is 9.48. The van der Waals surface area contributed by atoms with Crippen LogP contribution in [0.15, 0.2) is 42.5 Å². The summed E-state index contributed by atoms with van der Waals surface area (Å²) in [5, 5.41) is 13.0. The van der Waals surface area contributed by atoms with Gasteiger partial charge in [-0.3, -0.25) is 4.79 Å². The van der Waals surface area contributed by atoms with Crippen LogP contribution in [0, 0.1) is 5.92 Å². The van der Waals surface area contributed by atoms with Gasteiger partial charge in [0.1, 0.15) is 11.5 Å². The van der Waals surface area contributed by atoms with Gasteiger partial charge in [-0.15, -0.1) is 0 Å². The molecule has 142 valence electrons. The van der Waals surface area contributed by atoms with Gasteiger partial charge in [0.2, 0.25) is 5.91 Å². The zero-order valence-corrected chi connectivity index (χ0v) is 15.5. The largest absolute Gasteiger partial charge is 0.497 e. The number of aliphatic hydroxyl groups is 1. The van der Waals surface area contributed by atoms with Crippen molar-refractivity contribution in [2.75, 3.05) is 13.7 Å². The molecule has 1 aliphatic carbocycles. The molecule has 2 aromatic carbocycles. The van der Waals surface area contributed by atoms with Gasteiger partial charge < -0.3 is 19.9 Å². The molecule has 0 aromatic heterocycles. The molecule has 0 bridgehead atoms. The molecular formula is C22H25NO4. The van der Waals surface area contributed by atoms with E-state index in [2.05, 4.69) is 11.4 Å². The molecule has 2 aromatic rings. The molecule has 1 amide bonds. The Morgan fingerprint density at radius 3 is 2.93 bits per heavy atom. The Bertz CT molecular complexity index is 829. The van der Waals surface area contributed by atoms with Gasteiger partial charge in [0.15, 0.2) is 0 Å². The lowest BCUT2D eigenvalue weighted by Crippen LogP contribution is -2.41. The number of carbonyl (C=O) groups excluding carboxylic acids is 1. The Labute approximate surface area is 159 Å². The summed E-state index contributed by atoms with van der Waals surface area (Å²) in [5.74, 6) is 1.92. The van der Waals surface area contributed by atoms with Gasteiger partial charge in [-0.1, -0.05) is 18.2 Å². The molecule has 1 aliphatic heterocycles. The Kier molecular flexibility index (Phi) is 5.03. The number of ether oxygens (including phenoxy) is 2. The van der Waals surface area contributed by atoms with Crippen molar-refractivity contribution in [3.05, 3.63) is 59.2 Å². The van der Waals surface area contributed by atoms with Gasteiger partial charge in [-0.25, -0.2) is 0 Å². The fourth-order valence-corrected chi connectivity index (χ4v) is 3.97. The van der Waals surface area contributed by atoms with Crippen molar-refractivity contribution in [1.82, 2.24) is 5.32 Å². The van der Waals surface area contributed by atoms with Crippen LogP contribution in [0.2, 0.25) is 0 Å². The first kappa shape index (κ1) is 17.9. The lowest BCUT2D eigenvalue weighted by molar-refractivity contribution is -0.122. The second kappa shape index (κ2) is 7.61. The number of fused-ring (bicyclic) bond motifs is 1. The van der Waals surface area contributed by atoms with Gasteiger partial charge in [0, 0.05) is 6.42 Å². The van der Waals surface area contributed by atoms with E-state index in [9.17, 15) is 9.90 Å². The summed E-state index contributed by atoms with van der Waals surface area (Å²) in [5.41, 5.74) is 3.20. The van der Waals surface area contributed by atoms with Gasteiger partial charge in [-0.2, -0.15) is 0 Å². The smallest absolute Gasteiger partial charge is 0.224 e. The Balaban J connectivity index is 1.50. The zero-order valence-electron chi connectivity index (χ0n) is 15.5. The molecule has 27 heavy (non-hydrogen) atoms. The normalized spacial score (nSPS) is 21.6. The number of aliphatic hydroxyl groups excluding tert-OH is 1. The molecule has 5 nitrogen and oxygen atoms in total. The summed E-state index contributed by atoms with van der Waals surface area (Å²) in [6.45, 7) is 0.716. The lowest BCUT2D eigenvalue weighted by atomic mass is 9.74. The average Bonchev–Trinajstić information content (AvgIpc) is 3.11. The molecule has 2 N–H and O–H groups in total. The van der Waals surface area contributed by atoms with Crippen LogP contribution in [0.3, 0.4) is 0 Å². The van der Waals surface area contributed by atoms with Crippen LogP contribution < -0.4 is 14.8 Å². The number of carbonyl (C=O) groups is 1. The topological polar surface area (TPSA) is 67.8 Å². The van der Waals surface area contributed by atoms with E-state index in [1.807, 2.05) is 36.4 Å². The minimum absolute atomic E-state index is 0.0219. The van der Waals surface area contributed by atoms with E-state index in [1.165, 1.54) is 5.56 Å². The first-order valence-corrected chi connectivity index (χ1v) is 9.48. The molecule has 1 heterocycles. The maximum atomic E-state index is 12.7. The van der Waals surface area contributed by atoms with Gasteiger partial charge in [0.25, 0.3) is 0 Å². The van der Waals surface area contributed by atoms with Crippen LogP contribution in [-0.4, -0.2) is 30.8 Å². The zero-order chi connectivity index (χ0) is 18.8. The van der Waals surface area contributed by atoms with Crippen LogP contribution in [-0.2, 0) is 17.6 Å². The second-order valence-electron chi connectivity index (χ2n) is 7.42. The van der Waals surface area contributed by atoms with Gasteiger partial charge in [0.05, 0.1) is 32.3 Å². The minimum Gasteiger partial charge on any atom is -0.497 e. The van der Waals surface area contributed by atoms with Gasteiger partial charge in [-0.05, 0) is 59.7 Å². The van der Waals surface area contributed by atoms with E-state index in [1.54, 1.807) is 7.11 Å². The average molecular weight is 367 g/mol. The molecule has 1 atom stereocenters. The van der Waals surface area contributed by atoms with Crippen LogP contribution >= 0.6 is 0 Å². The molecular weight excluding hydrogens is 342 g/mol. The van der Waals surface area contributed by atoms with Crippen molar-refractivity contribution in [1.29, 1.82) is 0 Å². The molecule has 0 saturated heterocycles. The fraction of sp³-hybridized carbons (Fsp3) is 0.409. The third-order valence-electron chi connectivity index (χ3n) is 5.51. The fourth-order valence-electron chi connectivity index (χ4n) is 3.97. The number of rotatable bonds is 6. The van der Waals surface area contributed by atoms with E-state index < -0.39 is 0 Å². The molecule has 0 unspecified atom stereocenters. The number of nitrogens with one attached hydrogen (secondary N) is 1. The quantitative estimate of drug-likeness (QED) is 0.824. The van der Waals surface area contributed by atoms with E-state index in [-0.39, 0.29) is 24.0 Å². The molecule has 2 aliphatic rings. The number of amides is 1. The molecule has 1 fully saturated rings. The van der Waals surface area contributed by atoms with Crippen molar-refractivity contribution >= 4 is 5.91 Å². The summed E-state index contributed by atoms with van der Waals surface area (Å²) in [4.78, 5) is 12.7. The van der Waals surface area contributed by atoms with Crippen molar-refractivity contribution in [3.63, 3.8) is 0 Å². The predicted molar refractivity (Wildman–Crippen MR) is 102 cm³/mol. The van der Waals surface area contributed by atoms with Crippen LogP contribution in [0.4, 0.5) is 0 Å². The first-order chi connectivity index (χ1) is 13.1. The van der Waals surface area contributed by atoms with Gasteiger partial charge >= 0.3 is 0 Å². The highest BCUT2D eigenvalue weighted by Gasteiger charge is 2.36. The molecule has 5 heteroatoms. The highest BCUT2D eigenvalue weighted by molar-refractivity contribution is 5.79. The SMILES string of the molecule is COc1cccc(CC(=O)N[C@@H](c2ccc3c(c2)CCO3)C2CC(O)C2)c1. The highest BCUT2D eigenvalue weighted by atomic mass is 16.5. The maximum Gasteiger partial charge on any atom is 0.224 e. The number of hydrogen-bond donors (Lipinski definition) is 2. The summed E-state index contributed by atoms with van der Waals surface area (Å²) < 4.78 is 10.8. The standard InChI is InChI=1S/C22H25NO4/c1-26-19-4-2-3-14(9-19)10-21(25)23-22(17-12-18(24)13-17)16-5-6-20-15(11-16)7-8-27-20/h2-6,9,11,17-18,22,24H,7-8,10,12-13H2,1H3,(H,23,25)/t17?,18?,22-/m0/s1.